The van der Waals surface area contributed by atoms with E-state index >= 15 is 0 Å². The van der Waals surface area contributed by atoms with Crippen LogP contribution in [0.1, 0.15) is 0 Å². The molecule has 0 aliphatic heterocycles. The zero-order valence-corrected chi connectivity index (χ0v) is 6.25. The van der Waals surface area contributed by atoms with Crippen LogP contribution in [0.2, 0.25) is 0 Å². The third-order valence-corrected chi connectivity index (χ3v) is 2.52. The summed E-state index contributed by atoms with van der Waals surface area (Å²) < 4.78 is 5.15. The molecule has 0 atom stereocenters. The standard InChI is InChI=1S/C6H3N2Se/c1-2-4-6-5(3-1)7-8-9-6/h1-2,4H. The summed E-state index contributed by atoms with van der Waals surface area (Å²) in [5, 5.41) is 3.90. The van der Waals surface area contributed by atoms with Gasteiger partial charge in [-0.3, -0.25) is 0 Å². The molecule has 0 bridgehead atoms. The summed E-state index contributed by atoms with van der Waals surface area (Å²) in [7, 11) is 0. The van der Waals surface area contributed by atoms with Gasteiger partial charge < -0.3 is 0 Å². The molecule has 2 aromatic rings. The second-order valence-electron chi connectivity index (χ2n) is 1.66. The number of hydrogen-bond donors (Lipinski definition) is 0. The van der Waals surface area contributed by atoms with Gasteiger partial charge in [-0.25, -0.2) is 0 Å². The third-order valence-electron chi connectivity index (χ3n) is 1.08. The van der Waals surface area contributed by atoms with Gasteiger partial charge >= 0.3 is 58.0 Å². The molecule has 3 heteroatoms. The summed E-state index contributed by atoms with van der Waals surface area (Å²) in [4.78, 5) is 0. The Morgan fingerprint density at radius 3 is 3.44 bits per heavy atom. The van der Waals surface area contributed by atoms with Gasteiger partial charge in [0.05, 0.1) is 0 Å². The molecular weight excluding hydrogens is 179 g/mol. The van der Waals surface area contributed by atoms with Crippen LogP contribution in [0.25, 0.3) is 9.78 Å². The normalized spacial score (nSPS) is 10.2. The number of aromatic nitrogens is 2. The molecular formula is C6H3N2Se. The molecule has 9 heavy (non-hydrogen) atoms. The van der Waals surface area contributed by atoms with Crippen molar-refractivity contribution in [1.82, 2.24) is 9.19 Å². The van der Waals surface area contributed by atoms with E-state index in [0.29, 0.717) is 0 Å². The summed E-state index contributed by atoms with van der Waals surface area (Å²) >= 11 is 0.229. The van der Waals surface area contributed by atoms with Gasteiger partial charge in [-0.05, 0) is 0 Å². The molecule has 0 unspecified atom stereocenters. The first kappa shape index (κ1) is 5.15. The van der Waals surface area contributed by atoms with Crippen LogP contribution in [0, 0.1) is 6.07 Å². The predicted molar refractivity (Wildman–Crippen MR) is 35.3 cm³/mol. The number of fused-ring (bicyclic) bond motifs is 1. The molecule has 0 aliphatic carbocycles. The maximum absolute atomic E-state index is 3.91. The van der Waals surface area contributed by atoms with Crippen LogP contribution >= 0.6 is 0 Å². The maximum atomic E-state index is 3.91. The van der Waals surface area contributed by atoms with Gasteiger partial charge in [0.15, 0.2) is 0 Å². The van der Waals surface area contributed by atoms with Crippen LogP contribution in [-0.2, 0) is 0 Å². The van der Waals surface area contributed by atoms with Gasteiger partial charge in [0.1, 0.15) is 0 Å². The third kappa shape index (κ3) is 0.784. The average Bonchev–Trinajstić information content (AvgIpc) is 2.33. The molecule has 2 nitrogen and oxygen atoms in total. The zero-order valence-electron chi connectivity index (χ0n) is 4.53. The number of nitrogens with zero attached hydrogens (tertiary/aromatic N) is 2. The van der Waals surface area contributed by atoms with Crippen LogP contribution in [-0.4, -0.2) is 23.9 Å². The van der Waals surface area contributed by atoms with Gasteiger partial charge in [-0.15, -0.1) is 0 Å². The van der Waals surface area contributed by atoms with E-state index in [1.54, 1.807) is 0 Å². The second kappa shape index (κ2) is 1.94. The van der Waals surface area contributed by atoms with Crippen LogP contribution in [0.15, 0.2) is 18.2 Å². The van der Waals surface area contributed by atoms with E-state index in [-0.39, 0.29) is 14.7 Å². The first-order chi connectivity index (χ1) is 4.47. The molecule has 0 spiro atoms. The van der Waals surface area contributed by atoms with E-state index in [4.69, 9.17) is 0 Å². The molecule has 0 amide bonds. The average molecular weight is 182 g/mol. The van der Waals surface area contributed by atoms with Gasteiger partial charge in [-0.1, -0.05) is 0 Å². The molecule has 1 aromatic heterocycles. The Hall–Kier alpha value is -0.661. The fourth-order valence-corrected chi connectivity index (χ4v) is 1.79. The number of hydrogen-bond acceptors (Lipinski definition) is 2. The molecule has 0 fully saturated rings. The van der Waals surface area contributed by atoms with Crippen molar-refractivity contribution in [2.75, 3.05) is 0 Å². The van der Waals surface area contributed by atoms with Crippen LogP contribution in [0.3, 0.4) is 0 Å². The van der Waals surface area contributed by atoms with E-state index in [9.17, 15) is 0 Å². The number of benzene rings is 1. The van der Waals surface area contributed by atoms with Crippen molar-refractivity contribution in [2.24, 2.45) is 0 Å². The minimum absolute atomic E-state index is 0.229. The topological polar surface area (TPSA) is 25.8 Å². The Kier molecular flexibility index (Phi) is 1.11. The van der Waals surface area contributed by atoms with Gasteiger partial charge in [0.25, 0.3) is 0 Å². The van der Waals surface area contributed by atoms with Crippen molar-refractivity contribution in [3.8, 4) is 0 Å². The summed E-state index contributed by atoms with van der Waals surface area (Å²) in [6.45, 7) is 0. The van der Waals surface area contributed by atoms with E-state index in [2.05, 4.69) is 15.3 Å². The van der Waals surface area contributed by atoms with Crippen molar-refractivity contribution < 1.29 is 0 Å². The quantitative estimate of drug-likeness (QED) is 0.554. The minimum atomic E-state index is 0.229. The van der Waals surface area contributed by atoms with Crippen molar-refractivity contribution >= 4 is 24.5 Å². The van der Waals surface area contributed by atoms with Crippen molar-refractivity contribution in [3.05, 3.63) is 24.3 Å². The van der Waals surface area contributed by atoms with Crippen molar-refractivity contribution in [3.63, 3.8) is 0 Å². The number of rotatable bonds is 0. The summed E-state index contributed by atoms with van der Waals surface area (Å²) in [5.74, 6) is 0. The Morgan fingerprint density at radius 2 is 2.56 bits per heavy atom. The van der Waals surface area contributed by atoms with E-state index in [0.717, 1.165) is 5.52 Å². The molecule has 2 rings (SSSR count). The van der Waals surface area contributed by atoms with Crippen molar-refractivity contribution in [1.29, 1.82) is 0 Å². The second-order valence-corrected chi connectivity index (χ2v) is 3.30. The first-order valence-electron chi connectivity index (χ1n) is 2.55. The molecule has 0 saturated heterocycles. The van der Waals surface area contributed by atoms with Gasteiger partial charge in [0.2, 0.25) is 0 Å². The molecule has 1 aromatic carbocycles. The van der Waals surface area contributed by atoms with Gasteiger partial charge in [0, 0.05) is 0 Å². The van der Waals surface area contributed by atoms with Crippen LogP contribution < -0.4 is 0 Å². The molecule has 1 heterocycles. The molecule has 0 N–H and O–H groups in total. The Labute approximate surface area is 58.5 Å². The van der Waals surface area contributed by atoms with Crippen LogP contribution in [0.4, 0.5) is 0 Å². The SMILES string of the molecule is [c]1cccc2[se]nnc12. The van der Waals surface area contributed by atoms with Crippen molar-refractivity contribution in [2.45, 2.75) is 0 Å². The van der Waals surface area contributed by atoms with E-state index in [1.807, 2.05) is 18.2 Å². The van der Waals surface area contributed by atoms with Gasteiger partial charge in [-0.2, -0.15) is 0 Å². The molecule has 43 valence electrons. The fraction of sp³-hybridized carbons (Fsp3) is 0. The Balaban J connectivity index is 2.95. The first-order valence-corrected chi connectivity index (χ1v) is 4.18. The van der Waals surface area contributed by atoms with E-state index in [1.165, 1.54) is 4.26 Å². The predicted octanol–water partition coefficient (Wildman–Crippen LogP) is 0.487. The Bertz CT molecular complexity index is 285. The molecule has 0 aliphatic rings. The molecule has 1 radical (unpaired) electrons. The monoisotopic (exact) mass is 183 g/mol. The Morgan fingerprint density at radius 1 is 1.56 bits per heavy atom. The van der Waals surface area contributed by atoms with Crippen LogP contribution in [0.5, 0.6) is 0 Å². The summed E-state index contributed by atoms with van der Waals surface area (Å²) in [6, 6.07) is 8.88. The summed E-state index contributed by atoms with van der Waals surface area (Å²) in [6.07, 6.45) is 0. The molecule has 0 saturated carbocycles. The van der Waals surface area contributed by atoms with E-state index < -0.39 is 0 Å². The summed E-state index contributed by atoms with van der Waals surface area (Å²) in [5.41, 5.74) is 0.928. The fourth-order valence-electron chi connectivity index (χ4n) is 0.670. The zero-order chi connectivity index (χ0) is 6.10.